The van der Waals surface area contributed by atoms with Crippen LogP contribution in [0.5, 0.6) is 11.5 Å². The summed E-state index contributed by atoms with van der Waals surface area (Å²) < 4.78 is 16.3. The van der Waals surface area contributed by atoms with Crippen LogP contribution in [0.1, 0.15) is 72.9 Å². The lowest BCUT2D eigenvalue weighted by molar-refractivity contribution is -0.137. The molecule has 42 heavy (non-hydrogen) atoms. The van der Waals surface area contributed by atoms with Gasteiger partial charge in [-0.2, -0.15) is 5.26 Å². The molecule has 0 aromatic heterocycles. The lowest BCUT2D eigenvalue weighted by Crippen LogP contribution is -2.08. The minimum atomic E-state index is -0.485. The zero-order valence-corrected chi connectivity index (χ0v) is 23.9. The second-order valence-electron chi connectivity index (χ2n) is 9.92. The van der Waals surface area contributed by atoms with Crippen molar-refractivity contribution in [3.63, 3.8) is 0 Å². The summed E-state index contributed by atoms with van der Waals surface area (Å²) in [6, 6.07) is 21.3. The first-order chi connectivity index (χ1) is 20.4. The molecule has 0 fully saturated rings. The van der Waals surface area contributed by atoms with E-state index in [9.17, 15) is 9.59 Å². The molecule has 3 aromatic rings. The molecule has 8 nitrogen and oxygen atoms in total. The molecule has 4 N–H and O–H groups in total. The van der Waals surface area contributed by atoms with Gasteiger partial charge in [-0.1, -0.05) is 43.9 Å². The number of aryl methyl sites for hydroxylation is 1. The average molecular weight is 570 g/mol. The van der Waals surface area contributed by atoms with Crippen LogP contribution in [0, 0.1) is 11.3 Å². The summed E-state index contributed by atoms with van der Waals surface area (Å²) in [7, 11) is 0. The lowest BCUT2D eigenvalue weighted by atomic mass is 10.0. The molecule has 220 valence electrons. The summed E-state index contributed by atoms with van der Waals surface area (Å²) in [5.41, 5.74) is 15.5. The third-order valence-corrected chi connectivity index (χ3v) is 6.55. The Bertz CT molecular complexity index is 1350. The van der Waals surface area contributed by atoms with E-state index >= 15 is 0 Å². The number of carbonyl (C=O) groups is 2. The largest absolute Gasteiger partial charge is 0.494 e. The number of carbonyl (C=O) groups excluding carboxylic acids is 2. The van der Waals surface area contributed by atoms with E-state index in [1.54, 1.807) is 54.6 Å². The van der Waals surface area contributed by atoms with Crippen molar-refractivity contribution in [3.8, 4) is 17.6 Å². The summed E-state index contributed by atoms with van der Waals surface area (Å²) in [5.74, 6) is 0.152. The Morgan fingerprint density at radius 3 is 2.19 bits per heavy atom. The number of nitriles is 1. The lowest BCUT2D eigenvalue weighted by Gasteiger charge is -2.07. The zero-order valence-electron chi connectivity index (χ0n) is 23.9. The number of ether oxygens (including phenoxy) is 3. The van der Waals surface area contributed by atoms with Crippen molar-refractivity contribution in [2.45, 2.75) is 57.8 Å². The van der Waals surface area contributed by atoms with Gasteiger partial charge in [0.15, 0.2) is 0 Å². The number of esters is 2. The van der Waals surface area contributed by atoms with Crippen LogP contribution in [0.25, 0.3) is 6.08 Å². The van der Waals surface area contributed by atoms with Crippen LogP contribution in [-0.4, -0.2) is 25.2 Å². The molecular formula is C34H39N3O5. The molecule has 0 aliphatic carbocycles. The van der Waals surface area contributed by atoms with Crippen molar-refractivity contribution >= 4 is 29.4 Å². The number of nitrogen functional groups attached to an aromatic ring is 2. The first-order valence-corrected chi connectivity index (χ1v) is 14.4. The summed E-state index contributed by atoms with van der Waals surface area (Å²) in [6.07, 6.45) is 11.4. The number of nitrogens with two attached hydrogens (primary N) is 2. The molecule has 0 aliphatic heterocycles. The average Bonchev–Trinajstić information content (AvgIpc) is 2.99. The van der Waals surface area contributed by atoms with Crippen molar-refractivity contribution in [1.29, 1.82) is 5.26 Å². The Morgan fingerprint density at radius 1 is 0.786 bits per heavy atom. The van der Waals surface area contributed by atoms with Crippen LogP contribution in [0.3, 0.4) is 0 Å². The van der Waals surface area contributed by atoms with Crippen molar-refractivity contribution in [2.24, 2.45) is 0 Å². The van der Waals surface area contributed by atoms with E-state index in [2.05, 4.69) is 6.07 Å². The van der Waals surface area contributed by atoms with Gasteiger partial charge in [0.25, 0.3) is 0 Å². The third-order valence-electron chi connectivity index (χ3n) is 6.55. The molecule has 0 bridgehead atoms. The summed E-state index contributed by atoms with van der Waals surface area (Å²) >= 11 is 0. The van der Waals surface area contributed by atoms with Crippen LogP contribution in [-0.2, 0) is 16.0 Å². The van der Waals surface area contributed by atoms with Crippen LogP contribution in [0.4, 0.5) is 11.4 Å². The molecule has 0 spiro atoms. The van der Waals surface area contributed by atoms with Crippen molar-refractivity contribution in [3.05, 3.63) is 89.5 Å². The molecule has 3 rings (SSSR count). The molecule has 0 aliphatic rings. The van der Waals surface area contributed by atoms with E-state index in [4.69, 9.17) is 30.9 Å². The van der Waals surface area contributed by atoms with Gasteiger partial charge in [-0.15, -0.1) is 0 Å². The van der Waals surface area contributed by atoms with Gasteiger partial charge < -0.3 is 25.7 Å². The SMILES string of the molecule is N#CCCCOc1ccc(C(=O)Oc2ccc(/C=C/C(=O)OCCCCCCCCc3ccc(N)cc3N)cc2)cc1. The Balaban J connectivity index is 1.26. The summed E-state index contributed by atoms with van der Waals surface area (Å²) in [5, 5.41) is 8.56. The second kappa shape index (κ2) is 17.8. The van der Waals surface area contributed by atoms with E-state index in [1.165, 1.54) is 6.08 Å². The maximum atomic E-state index is 12.4. The predicted molar refractivity (Wildman–Crippen MR) is 165 cm³/mol. The fourth-order valence-corrected chi connectivity index (χ4v) is 4.19. The number of anilines is 2. The van der Waals surface area contributed by atoms with Crippen LogP contribution in [0.2, 0.25) is 0 Å². The Morgan fingerprint density at radius 2 is 1.48 bits per heavy atom. The highest BCUT2D eigenvalue weighted by Gasteiger charge is 2.09. The minimum Gasteiger partial charge on any atom is -0.494 e. The van der Waals surface area contributed by atoms with Crippen molar-refractivity contribution in [1.82, 2.24) is 0 Å². The Hall–Kier alpha value is -4.77. The van der Waals surface area contributed by atoms with E-state index < -0.39 is 5.97 Å². The number of rotatable bonds is 17. The number of hydrogen-bond donors (Lipinski definition) is 2. The third kappa shape index (κ3) is 11.8. The minimum absolute atomic E-state index is 0.385. The highest BCUT2D eigenvalue weighted by molar-refractivity contribution is 5.91. The number of unbranched alkanes of at least 4 members (excludes halogenated alkanes) is 6. The first-order valence-electron chi connectivity index (χ1n) is 14.4. The molecule has 0 atom stereocenters. The number of nitrogens with zero attached hydrogens (tertiary/aromatic N) is 1. The standard InChI is InChI=1S/C34H39N3O5/c35-22-6-8-23-40-30-19-14-28(15-20-30)34(39)42-31-17-10-26(11-18-31)12-21-33(38)41-24-7-4-2-1-3-5-9-27-13-16-29(36)25-32(27)37/h10-21,25H,1-9,23-24,36-37H2/b21-12+. The van der Waals surface area contributed by atoms with Gasteiger partial charge in [-0.25, -0.2) is 9.59 Å². The number of benzene rings is 3. The molecule has 0 unspecified atom stereocenters. The zero-order chi connectivity index (χ0) is 30.0. The van der Waals surface area contributed by atoms with E-state index in [1.807, 2.05) is 18.2 Å². The van der Waals surface area contributed by atoms with Gasteiger partial charge in [-0.05, 0) is 91.4 Å². The monoisotopic (exact) mass is 569 g/mol. The molecule has 0 heterocycles. The molecule has 8 heteroatoms. The molecule has 3 aromatic carbocycles. The quantitative estimate of drug-likeness (QED) is 0.0589. The van der Waals surface area contributed by atoms with E-state index in [-0.39, 0.29) is 5.97 Å². The Kier molecular flexibility index (Phi) is 13.5. The van der Waals surface area contributed by atoms with Gasteiger partial charge >= 0.3 is 11.9 Å². The van der Waals surface area contributed by atoms with E-state index in [0.717, 1.165) is 61.8 Å². The normalized spacial score (nSPS) is 10.7. The smallest absolute Gasteiger partial charge is 0.343 e. The van der Waals surface area contributed by atoms with Crippen molar-refractivity contribution < 1.29 is 23.8 Å². The Labute approximate surface area is 247 Å². The van der Waals surface area contributed by atoms with Crippen LogP contribution < -0.4 is 20.9 Å². The van der Waals surface area contributed by atoms with Crippen molar-refractivity contribution in [2.75, 3.05) is 24.7 Å². The fourth-order valence-electron chi connectivity index (χ4n) is 4.19. The number of hydrogen-bond acceptors (Lipinski definition) is 8. The maximum absolute atomic E-state index is 12.4. The van der Waals surface area contributed by atoms with Crippen LogP contribution in [0.15, 0.2) is 72.8 Å². The molecule has 0 amide bonds. The second-order valence-corrected chi connectivity index (χ2v) is 9.92. The first kappa shape index (κ1) is 31.8. The molecule has 0 radical (unpaired) electrons. The van der Waals surface area contributed by atoms with Crippen LogP contribution >= 0.6 is 0 Å². The molecular weight excluding hydrogens is 530 g/mol. The topological polar surface area (TPSA) is 138 Å². The predicted octanol–water partition coefficient (Wildman–Crippen LogP) is 6.89. The molecule has 0 saturated heterocycles. The highest BCUT2D eigenvalue weighted by Crippen LogP contribution is 2.19. The van der Waals surface area contributed by atoms with E-state index in [0.29, 0.717) is 48.8 Å². The molecule has 0 saturated carbocycles. The maximum Gasteiger partial charge on any atom is 0.343 e. The van der Waals surface area contributed by atoms with Gasteiger partial charge in [0, 0.05) is 23.9 Å². The van der Waals surface area contributed by atoms with Gasteiger partial charge in [-0.3, -0.25) is 0 Å². The summed E-state index contributed by atoms with van der Waals surface area (Å²) in [4.78, 5) is 24.5. The fraction of sp³-hybridized carbons (Fsp3) is 0.324. The summed E-state index contributed by atoms with van der Waals surface area (Å²) in [6.45, 7) is 0.842. The van der Waals surface area contributed by atoms with Gasteiger partial charge in [0.1, 0.15) is 11.5 Å². The van der Waals surface area contributed by atoms with Gasteiger partial charge in [0.2, 0.25) is 0 Å². The highest BCUT2D eigenvalue weighted by atomic mass is 16.5. The van der Waals surface area contributed by atoms with Gasteiger partial charge in [0.05, 0.1) is 24.8 Å².